The van der Waals surface area contributed by atoms with Crippen molar-refractivity contribution in [2.75, 3.05) is 13.1 Å². The Labute approximate surface area is 141 Å². The van der Waals surface area contributed by atoms with Gasteiger partial charge in [0.25, 0.3) is 5.91 Å². The van der Waals surface area contributed by atoms with Crippen molar-refractivity contribution in [3.8, 4) is 0 Å². The van der Waals surface area contributed by atoms with E-state index in [1.807, 2.05) is 0 Å². The van der Waals surface area contributed by atoms with Crippen molar-refractivity contribution >= 4 is 17.8 Å². The van der Waals surface area contributed by atoms with Crippen LogP contribution in [0.1, 0.15) is 37.6 Å². The maximum absolute atomic E-state index is 12.0. The third kappa shape index (κ3) is 7.73. The monoisotopic (exact) mass is 336 g/mol. The molecule has 0 radical (unpaired) electrons. The maximum atomic E-state index is 12.0. The molecule has 7 heteroatoms. The van der Waals surface area contributed by atoms with Gasteiger partial charge in [-0.05, 0) is 32.9 Å². The predicted molar refractivity (Wildman–Crippen MR) is 88.7 cm³/mol. The molecule has 132 valence electrons. The van der Waals surface area contributed by atoms with Gasteiger partial charge < -0.3 is 20.5 Å². The van der Waals surface area contributed by atoms with E-state index in [9.17, 15) is 19.5 Å². The Balaban J connectivity index is 2.40. The minimum Gasteiger partial charge on any atom is -0.480 e. The number of carboxylic acid groups (broad SMARTS) is 1. The summed E-state index contributed by atoms with van der Waals surface area (Å²) >= 11 is 0. The zero-order chi connectivity index (χ0) is 18.2. The number of aliphatic carboxylic acids is 1. The number of carbonyl (C=O) groups is 3. The van der Waals surface area contributed by atoms with Crippen LogP contribution >= 0.6 is 0 Å². The van der Waals surface area contributed by atoms with Crippen molar-refractivity contribution in [3.05, 3.63) is 35.9 Å². The van der Waals surface area contributed by atoms with Gasteiger partial charge in [-0.1, -0.05) is 18.2 Å². The zero-order valence-electron chi connectivity index (χ0n) is 14.2. The topological polar surface area (TPSA) is 105 Å². The van der Waals surface area contributed by atoms with E-state index in [0.717, 1.165) is 0 Å². The molecule has 0 aromatic heterocycles. The summed E-state index contributed by atoms with van der Waals surface area (Å²) in [4.78, 5) is 34.8. The van der Waals surface area contributed by atoms with E-state index in [2.05, 4.69) is 10.6 Å². The molecule has 0 saturated heterocycles. The predicted octanol–water partition coefficient (Wildman–Crippen LogP) is 1.19. The first kappa shape index (κ1) is 19.6. The molecular weight excluding hydrogens is 312 g/mol. The summed E-state index contributed by atoms with van der Waals surface area (Å²) in [6.45, 7) is 5.60. The molecule has 1 amide bonds. The summed E-state index contributed by atoms with van der Waals surface area (Å²) in [5.41, 5.74) is -0.165. The molecule has 0 aliphatic heterocycles. The number of nitrogens with one attached hydrogen (secondary N) is 2. The molecule has 0 heterocycles. The Morgan fingerprint density at radius 3 is 2.33 bits per heavy atom. The van der Waals surface area contributed by atoms with Gasteiger partial charge in [-0.2, -0.15) is 0 Å². The molecule has 0 saturated carbocycles. The maximum Gasteiger partial charge on any atom is 0.327 e. The summed E-state index contributed by atoms with van der Waals surface area (Å²) in [6, 6.07) is 7.28. The minimum absolute atomic E-state index is 0.0106. The summed E-state index contributed by atoms with van der Waals surface area (Å²) in [5, 5.41) is 14.5. The molecule has 0 spiro atoms. The number of hydrogen-bond acceptors (Lipinski definition) is 5. The average Bonchev–Trinajstić information content (AvgIpc) is 2.49. The fraction of sp³-hybridized carbons (Fsp3) is 0.471. The van der Waals surface area contributed by atoms with Crippen LogP contribution in [-0.2, 0) is 14.3 Å². The summed E-state index contributed by atoms with van der Waals surface area (Å²) in [7, 11) is 0. The SMILES string of the molecule is CC(C)(C)OC(=O)CCNC[C@@H](NC(=O)c1ccccc1)C(=O)O. The van der Waals surface area contributed by atoms with Gasteiger partial charge in [0.2, 0.25) is 0 Å². The van der Waals surface area contributed by atoms with Crippen molar-refractivity contribution in [2.45, 2.75) is 38.8 Å². The molecule has 3 N–H and O–H groups in total. The highest BCUT2D eigenvalue weighted by Crippen LogP contribution is 2.07. The van der Waals surface area contributed by atoms with Gasteiger partial charge in [-0.3, -0.25) is 9.59 Å². The Bertz CT molecular complexity index is 566. The molecule has 1 atom stereocenters. The van der Waals surface area contributed by atoms with Crippen LogP contribution < -0.4 is 10.6 Å². The first-order chi connectivity index (χ1) is 11.2. The lowest BCUT2D eigenvalue weighted by molar-refractivity contribution is -0.154. The van der Waals surface area contributed by atoms with Crippen LogP contribution in [0.2, 0.25) is 0 Å². The van der Waals surface area contributed by atoms with Gasteiger partial charge in [0, 0.05) is 18.7 Å². The minimum atomic E-state index is -1.15. The van der Waals surface area contributed by atoms with E-state index < -0.39 is 23.5 Å². The van der Waals surface area contributed by atoms with Gasteiger partial charge >= 0.3 is 11.9 Å². The fourth-order valence-corrected chi connectivity index (χ4v) is 1.86. The van der Waals surface area contributed by atoms with E-state index in [4.69, 9.17) is 4.74 Å². The van der Waals surface area contributed by atoms with Crippen LogP contribution in [0, 0.1) is 0 Å². The van der Waals surface area contributed by atoms with Crippen LogP contribution in [0.3, 0.4) is 0 Å². The number of amides is 1. The van der Waals surface area contributed by atoms with E-state index in [0.29, 0.717) is 5.56 Å². The Morgan fingerprint density at radius 1 is 1.17 bits per heavy atom. The molecule has 0 aliphatic carbocycles. The molecule has 1 aromatic carbocycles. The van der Waals surface area contributed by atoms with E-state index in [1.165, 1.54) is 0 Å². The first-order valence-corrected chi connectivity index (χ1v) is 7.70. The number of esters is 1. The number of rotatable bonds is 8. The highest BCUT2D eigenvalue weighted by Gasteiger charge is 2.21. The molecule has 0 fully saturated rings. The normalized spacial score (nSPS) is 12.3. The number of benzene rings is 1. The van der Waals surface area contributed by atoms with Crippen molar-refractivity contribution in [1.82, 2.24) is 10.6 Å². The molecule has 24 heavy (non-hydrogen) atoms. The van der Waals surface area contributed by atoms with Crippen molar-refractivity contribution in [1.29, 1.82) is 0 Å². The number of hydrogen-bond donors (Lipinski definition) is 3. The molecule has 0 unspecified atom stereocenters. The van der Waals surface area contributed by atoms with E-state index in [1.54, 1.807) is 51.1 Å². The highest BCUT2D eigenvalue weighted by molar-refractivity contribution is 5.96. The lowest BCUT2D eigenvalue weighted by atomic mass is 10.2. The average molecular weight is 336 g/mol. The molecule has 7 nitrogen and oxygen atoms in total. The second-order valence-corrected chi connectivity index (χ2v) is 6.27. The lowest BCUT2D eigenvalue weighted by Gasteiger charge is -2.20. The van der Waals surface area contributed by atoms with Gasteiger partial charge in [-0.25, -0.2) is 4.79 Å². The fourth-order valence-electron chi connectivity index (χ4n) is 1.86. The molecule has 0 aliphatic rings. The van der Waals surface area contributed by atoms with Crippen LogP contribution in [0.5, 0.6) is 0 Å². The van der Waals surface area contributed by atoms with Crippen LogP contribution in [0.4, 0.5) is 0 Å². The second kappa shape index (κ2) is 9.02. The smallest absolute Gasteiger partial charge is 0.327 e. The lowest BCUT2D eigenvalue weighted by Crippen LogP contribution is -2.47. The highest BCUT2D eigenvalue weighted by atomic mass is 16.6. The second-order valence-electron chi connectivity index (χ2n) is 6.27. The molecule has 1 aromatic rings. The van der Waals surface area contributed by atoms with Crippen LogP contribution in [0.15, 0.2) is 30.3 Å². The van der Waals surface area contributed by atoms with Crippen LogP contribution in [0.25, 0.3) is 0 Å². The number of ether oxygens (including phenoxy) is 1. The Hall–Kier alpha value is -2.41. The quantitative estimate of drug-likeness (QED) is 0.486. The molecule has 1 rings (SSSR count). The molecular formula is C17H24N2O5. The largest absolute Gasteiger partial charge is 0.480 e. The third-order valence-corrected chi connectivity index (χ3v) is 2.91. The summed E-state index contributed by atoms with van der Waals surface area (Å²) in [5.74, 6) is -1.98. The standard InChI is InChI=1S/C17H24N2O5/c1-17(2,3)24-14(20)9-10-18-11-13(16(22)23)19-15(21)12-7-5-4-6-8-12/h4-8,13,18H,9-11H2,1-3H3,(H,19,21)(H,22,23)/t13-/m1/s1. The first-order valence-electron chi connectivity index (χ1n) is 7.70. The van der Waals surface area contributed by atoms with E-state index in [-0.39, 0.29) is 25.5 Å². The molecule has 0 bridgehead atoms. The van der Waals surface area contributed by atoms with Gasteiger partial charge in [0.15, 0.2) is 0 Å². The number of carbonyl (C=O) groups excluding carboxylic acids is 2. The summed E-state index contributed by atoms with van der Waals surface area (Å²) < 4.78 is 5.15. The Morgan fingerprint density at radius 2 is 1.79 bits per heavy atom. The van der Waals surface area contributed by atoms with Gasteiger partial charge in [0.1, 0.15) is 11.6 Å². The van der Waals surface area contributed by atoms with Crippen molar-refractivity contribution in [2.24, 2.45) is 0 Å². The third-order valence-electron chi connectivity index (χ3n) is 2.91. The van der Waals surface area contributed by atoms with E-state index >= 15 is 0 Å². The van der Waals surface area contributed by atoms with Crippen molar-refractivity contribution in [3.63, 3.8) is 0 Å². The van der Waals surface area contributed by atoms with Crippen molar-refractivity contribution < 1.29 is 24.2 Å². The van der Waals surface area contributed by atoms with Gasteiger partial charge in [-0.15, -0.1) is 0 Å². The summed E-state index contributed by atoms with van der Waals surface area (Å²) in [6.07, 6.45) is 0.121. The van der Waals surface area contributed by atoms with Crippen LogP contribution in [-0.4, -0.2) is 47.7 Å². The zero-order valence-corrected chi connectivity index (χ0v) is 14.2. The van der Waals surface area contributed by atoms with Gasteiger partial charge in [0.05, 0.1) is 6.42 Å². The Kier molecular flexibility index (Phi) is 7.38. The number of carboxylic acids is 1.